The number of hydrogen-bond acceptors (Lipinski definition) is 12. The fraction of sp³-hybridized carbons (Fsp3) is 0.717. The number of allylic oxidation sites excluding steroid dienone is 1. The third kappa shape index (κ3) is 9.68. The molecule has 0 spiro atoms. The van der Waals surface area contributed by atoms with E-state index in [0.29, 0.717) is 80.0 Å². The molecule has 1 aromatic heterocycles. The van der Waals surface area contributed by atoms with Crippen LogP contribution in [-0.4, -0.2) is 114 Å². The summed E-state index contributed by atoms with van der Waals surface area (Å²) in [7, 11) is 1.59. The Kier molecular flexibility index (Phi) is 15.6. The number of Topliss-reactive ketones (excluding diaryl/α,β-unsaturated/α-hetero) is 1. The maximum absolute atomic E-state index is 15.2. The second kappa shape index (κ2) is 21.1. The summed E-state index contributed by atoms with van der Waals surface area (Å²) >= 11 is 6.20. The normalized spacial score (nSPS) is 33.3. The SMILES string of the molecule is COCCOCCOCCOC(=O)n1nc(-c2ccc(Cl)cc2)cc1C(=O)NC1(C(=O)N[C@@]23CC[C@]4(C)[C@H](CC[C@@H]5[C@@]6(C)CC[C@H](OC(=O)[C@H]7C[C@@H](C(=O)O)C7(C)C)C(C)(C)[C@@H]6CC[C@]54C)C2=C(C(C)C)C(=O)C3)CCC1. The summed E-state index contributed by atoms with van der Waals surface area (Å²) in [4.78, 5) is 83.8. The number of amides is 2. The van der Waals surface area contributed by atoms with Crippen LogP contribution in [0.1, 0.15) is 156 Å². The van der Waals surface area contributed by atoms with Crippen molar-refractivity contribution in [3.63, 3.8) is 0 Å². The minimum absolute atomic E-state index is 0.0359. The van der Waals surface area contributed by atoms with Crippen LogP contribution in [0.15, 0.2) is 41.5 Å². The molecule has 17 heteroatoms. The second-order valence-electron chi connectivity index (χ2n) is 26.1. The zero-order valence-electron chi connectivity index (χ0n) is 47.1. The van der Waals surface area contributed by atoms with Crippen molar-refractivity contribution in [2.24, 2.45) is 62.6 Å². The number of halogens is 1. The van der Waals surface area contributed by atoms with E-state index in [1.54, 1.807) is 31.4 Å². The van der Waals surface area contributed by atoms with E-state index in [4.69, 9.17) is 35.3 Å². The largest absolute Gasteiger partial charge is 0.481 e. The first-order valence-corrected chi connectivity index (χ1v) is 28.7. The summed E-state index contributed by atoms with van der Waals surface area (Å²) < 4.78 is 28.9. The van der Waals surface area contributed by atoms with E-state index < -0.39 is 46.3 Å². The molecule has 422 valence electrons. The first-order valence-electron chi connectivity index (χ1n) is 28.3. The van der Waals surface area contributed by atoms with Gasteiger partial charge in [-0.25, -0.2) is 4.79 Å². The highest BCUT2D eigenvalue weighted by molar-refractivity contribution is 6.30. The molecule has 77 heavy (non-hydrogen) atoms. The molecule has 2 aromatic rings. The lowest BCUT2D eigenvalue weighted by molar-refractivity contribution is -0.235. The van der Waals surface area contributed by atoms with Crippen LogP contribution < -0.4 is 10.6 Å². The molecule has 10 atom stereocenters. The molecule has 2 amide bonds. The number of benzene rings is 1. The Morgan fingerprint density at radius 3 is 2.08 bits per heavy atom. The molecular weight excluding hydrogens is 1000 g/mol. The van der Waals surface area contributed by atoms with Gasteiger partial charge in [0.15, 0.2) is 5.78 Å². The van der Waals surface area contributed by atoms with Crippen molar-refractivity contribution in [3.8, 4) is 11.3 Å². The van der Waals surface area contributed by atoms with E-state index in [9.17, 15) is 29.1 Å². The lowest BCUT2D eigenvalue weighted by Crippen LogP contribution is -2.70. The van der Waals surface area contributed by atoms with E-state index in [1.165, 1.54) is 6.07 Å². The quantitative estimate of drug-likeness (QED) is 0.0939. The molecule has 0 unspecified atom stereocenters. The number of carboxylic acid groups (broad SMARTS) is 1. The number of nitrogens with one attached hydrogen (secondary N) is 2. The van der Waals surface area contributed by atoms with Crippen LogP contribution >= 0.6 is 11.6 Å². The molecule has 9 rings (SSSR count). The molecule has 6 fully saturated rings. The topological polar surface area (TPSA) is 211 Å². The lowest BCUT2D eigenvalue weighted by atomic mass is 9.33. The molecule has 6 saturated carbocycles. The minimum Gasteiger partial charge on any atom is -0.481 e. The number of aliphatic carboxylic acids is 1. The molecule has 0 aliphatic heterocycles. The number of aromatic nitrogens is 2. The minimum atomic E-state index is -1.30. The lowest BCUT2D eigenvalue weighted by Gasteiger charge is -2.72. The number of carbonyl (C=O) groups excluding carboxylic acids is 5. The van der Waals surface area contributed by atoms with Crippen molar-refractivity contribution in [2.75, 3.05) is 46.8 Å². The summed E-state index contributed by atoms with van der Waals surface area (Å²) in [5, 5.41) is 21.4. The van der Waals surface area contributed by atoms with E-state index >= 15 is 4.79 Å². The van der Waals surface area contributed by atoms with Gasteiger partial charge in [0.2, 0.25) is 5.91 Å². The van der Waals surface area contributed by atoms with Crippen LogP contribution in [0, 0.1) is 62.6 Å². The molecule has 16 nitrogen and oxygen atoms in total. The molecule has 1 aromatic carbocycles. The molecule has 0 radical (unpaired) electrons. The van der Waals surface area contributed by atoms with Crippen LogP contribution in [0.25, 0.3) is 11.3 Å². The number of nitrogens with zero attached hydrogens (tertiary/aromatic N) is 2. The third-order valence-electron chi connectivity index (χ3n) is 21.3. The van der Waals surface area contributed by atoms with E-state index in [0.717, 1.165) is 60.8 Å². The average molecular weight is 1090 g/mol. The summed E-state index contributed by atoms with van der Waals surface area (Å²) in [6.07, 6.45) is 7.66. The van der Waals surface area contributed by atoms with E-state index in [-0.39, 0.29) is 89.2 Å². The fourth-order valence-electron chi connectivity index (χ4n) is 16.6. The van der Waals surface area contributed by atoms with Gasteiger partial charge in [0.05, 0.1) is 56.1 Å². The number of carboxylic acids is 1. The molecule has 7 aliphatic carbocycles. The van der Waals surface area contributed by atoms with Gasteiger partial charge in [0.1, 0.15) is 23.9 Å². The van der Waals surface area contributed by atoms with Crippen LogP contribution in [0.5, 0.6) is 0 Å². The predicted octanol–water partition coefficient (Wildman–Crippen LogP) is 10.0. The number of ether oxygens (including phenoxy) is 5. The molecule has 0 saturated heterocycles. The molecule has 0 bridgehead atoms. The van der Waals surface area contributed by atoms with Crippen molar-refractivity contribution in [1.29, 1.82) is 0 Å². The number of ketones is 1. The predicted molar refractivity (Wildman–Crippen MR) is 288 cm³/mol. The third-order valence-corrected chi connectivity index (χ3v) is 21.6. The summed E-state index contributed by atoms with van der Waals surface area (Å²) in [6, 6.07) is 8.37. The number of fused-ring (bicyclic) bond motifs is 7. The van der Waals surface area contributed by atoms with Crippen LogP contribution in [0.3, 0.4) is 0 Å². The highest BCUT2D eigenvalue weighted by Crippen LogP contribution is 2.76. The monoisotopic (exact) mass is 1090 g/mol. The van der Waals surface area contributed by atoms with Crippen LogP contribution in [0.2, 0.25) is 5.02 Å². The Labute approximate surface area is 459 Å². The zero-order chi connectivity index (χ0) is 55.7. The highest BCUT2D eigenvalue weighted by Gasteiger charge is 2.71. The van der Waals surface area contributed by atoms with Crippen molar-refractivity contribution in [3.05, 3.63) is 52.2 Å². The Morgan fingerprint density at radius 2 is 1.45 bits per heavy atom. The summed E-state index contributed by atoms with van der Waals surface area (Å²) in [6.45, 7) is 21.4. The molecule has 1 heterocycles. The maximum atomic E-state index is 15.2. The van der Waals surface area contributed by atoms with Gasteiger partial charge in [-0.3, -0.25) is 24.0 Å². The van der Waals surface area contributed by atoms with Gasteiger partial charge in [-0.1, -0.05) is 86.0 Å². The number of esters is 1. The van der Waals surface area contributed by atoms with Crippen molar-refractivity contribution < 1.29 is 57.6 Å². The number of carbonyl (C=O) groups is 6. The second-order valence-corrected chi connectivity index (χ2v) is 26.5. The van der Waals surface area contributed by atoms with E-state index in [2.05, 4.69) is 64.2 Å². The standard InChI is InChI=1S/C60H83ClN4O12/c1-35(2)47-43(66)34-60(63-52(71)59(20-11-21-59)62-49(67)42-33-41(36-12-14-37(61)15-13-36)64-65(42)53(72)76-31-30-75-29-28-74-27-26-73-10)25-24-57(8)38(48(47)60)16-17-45-56(7)22-19-46(55(5,6)44(56)18-23-58(45,57)9)77-51(70)40-32-39(50(68)69)54(40,3)4/h12-15,33,35,38-40,44-46H,11,16-32,34H2,1-10H3,(H,62,67)(H,63,71)(H,68,69)/t38-,39+,40-,44+,45-,46+,56+,57-,58-,60-/m1/s1. The number of hydrogen-bond donors (Lipinski definition) is 3. The average Bonchev–Trinajstić information content (AvgIpc) is 3.95. The van der Waals surface area contributed by atoms with Gasteiger partial charge in [-0.05, 0) is 152 Å². The van der Waals surface area contributed by atoms with Gasteiger partial charge in [-0.2, -0.15) is 9.78 Å². The van der Waals surface area contributed by atoms with Crippen LogP contribution in [-0.2, 0) is 42.9 Å². The smallest absolute Gasteiger partial charge is 0.435 e. The van der Waals surface area contributed by atoms with Gasteiger partial charge >= 0.3 is 18.0 Å². The van der Waals surface area contributed by atoms with E-state index in [1.807, 2.05) is 13.8 Å². The number of methoxy groups -OCH3 is 1. The van der Waals surface area contributed by atoms with Crippen molar-refractivity contribution in [2.45, 2.75) is 163 Å². The van der Waals surface area contributed by atoms with Gasteiger partial charge in [0, 0.05) is 29.5 Å². The zero-order valence-corrected chi connectivity index (χ0v) is 47.8. The van der Waals surface area contributed by atoms with Gasteiger partial charge in [-0.15, -0.1) is 0 Å². The van der Waals surface area contributed by atoms with Crippen molar-refractivity contribution >= 4 is 47.2 Å². The first kappa shape index (κ1) is 57.1. The number of rotatable bonds is 18. The molecule has 3 N–H and O–H groups in total. The van der Waals surface area contributed by atoms with Crippen LogP contribution in [0.4, 0.5) is 4.79 Å². The van der Waals surface area contributed by atoms with Gasteiger partial charge < -0.3 is 39.4 Å². The Bertz CT molecular complexity index is 2670. The molecular formula is C60H83ClN4O12. The summed E-state index contributed by atoms with van der Waals surface area (Å²) in [5.74, 6) is -2.38. The van der Waals surface area contributed by atoms with Gasteiger partial charge in [0.25, 0.3) is 5.91 Å². The Morgan fingerprint density at radius 1 is 0.779 bits per heavy atom. The highest BCUT2D eigenvalue weighted by atomic mass is 35.5. The molecule has 7 aliphatic rings. The Hall–Kier alpha value is -4.64. The summed E-state index contributed by atoms with van der Waals surface area (Å²) in [5.41, 5.74) is -0.725. The fourth-order valence-corrected chi connectivity index (χ4v) is 16.7. The first-order chi connectivity index (χ1) is 36.3. The Balaban J connectivity index is 0.927. The van der Waals surface area contributed by atoms with Crippen molar-refractivity contribution in [1.82, 2.24) is 20.4 Å². The maximum Gasteiger partial charge on any atom is 0.435 e.